The van der Waals surface area contributed by atoms with E-state index in [-0.39, 0.29) is 12.6 Å². The zero-order valence-electron chi connectivity index (χ0n) is 12.9. The van der Waals surface area contributed by atoms with Crippen LogP contribution in [0.25, 0.3) is 10.9 Å². The molecule has 1 atom stereocenters. The van der Waals surface area contributed by atoms with Crippen LogP contribution in [0.3, 0.4) is 0 Å². The van der Waals surface area contributed by atoms with Gasteiger partial charge >= 0.3 is 5.97 Å². The van der Waals surface area contributed by atoms with Gasteiger partial charge in [-0.05, 0) is 31.0 Å². The van der Waals surface area contributed by atoms with Crippen molar-refractivity contribution in [3.63, 3.8) is 0 Å². The normalized spacial score (nSPS) is 13.3. The highest BCUT2D eigenvalue weighted by atomic mass is 19.3. The molecule has 0 amide bonds. The standard InChI is InChI=1S/C16H20F2N2O2/c1-10(20-9-16(2,17)18)6-12-8-19-14-7-11(15(21)22-3)4-5-13(12)14/h4-5,7-8,10,19-20H,6,9H2,1-3H3/t10-/m1/s1. The molecular formula is C16H20F2N2O2. The summed E-state index contributed by atoms with van der Waals surface area (Å²) in [4.78, 5) is 14.6. The van der Waals surface area contributed by atoms with E-state index in [9.17, 15) is 13.6 Å². The SMILES string of the molecule is COC(=O)c1ccc2c(C[C@@H](C)NCC(C)(F)F)c[nH]c2c1. The first-order valence-electron chi connectivity index (χ1n) is 7.09. The van der Waals surface area contributed by atoms with Crippen molar-refractivity contribution in [1.29, 1.82) is 0 Å². The number of aromatic amines is 1. The molecule has 0 saturated carbocycles. The van der Waals surface area contributed by atoms with Gasteiger partial charge < -0.3 is 15.0 Å². The van der Waals surface area contributed by atoms with E-state index in [0.717, 1.165) is 23.4 Å². The Morgan fingerprint density at radius 3 is 2.82 bits per heavy atom. The Hall–Kier alpha value is -1.95. The van der Waals surface area contributed by atoms with E-state index < -0.39 is 11.9 Å². The number of rotatable bonds is 6. The van der Waals surface area contributed by atoms with E-state index in [4.69, 9.17) is 0 Å². The lowest BCUT2D eigenvalue weighted by atomic mass is 10.0. The number of carbonyl (C=O) groups is 1. The van der Waals surface area contributed by atoms with E-state index in [1.165, 1.54) is 7.11 Å². The first-order chi connectivity index (χ1) is 10.3. The highest BCUT2D eigenvalue weighted by Gasteiger charge is 2.21. The minimum Gasteiger partial charge on any atom is -0.465 e. The fourth-order valence-corrected chi connectivity index (χ4v) is 2.36. The molecule has 0 aliphatic carbocycles. The molecule has 0 saturated heterocycles. The Balaban J connectivity index is 2.11. The van der Waals surface area contributed by atoms with Gasteiger partial charge in [-0.1, -0.05) is 6.07 Å². The first kappa shape index (κ1) is 16.4. The maximum Gasteiger partial charge on any atom is 0.337 e. The molecule has 2 N–H and O–H groups in total. The maximum absolute atomic E-state index is 12.9. The van der Waals surface area contributed by atoms with Crippen LogP contribution in [-0.4, -0.2) is 36.6 Å². The zero-order chi connectivity index (χ0) is 16.3. The summed E-state index contributed by atoms with van der Waals surface area (Å²) in [7, 11) is 1.34. The number of fused-ring (bicyclic) bond motifs is 1. The lowest BCUT2D eigenvalue weighted by Crippen LogP contribution is -2.37. The van der Waals surface area contributed by atoms with Crippen molar-refractivity contribution in [1.82, 2.24) is 10.3 Å². The van der Waals surface area contributed by atoms with Crippen molar-refractivity contribution < 1.29 is 18.3 Å². The monoisotopic (exact) mass is 310 g/mol. The fourth-order valence-electron chi connectivity index (χ4n) is 2.36. The van der Waals surface area contributed by atoms with Crippen LogP contribution >= 0.6 is 0 Å². The third kappa shape index (κ3) is 4.04. The van der Waals surface area contributed by atoms with Crippen LogP contribution in [0.4, 0.5) is 8.78 Å². The third-order valence-electron chi connectivity index (χ3n) is 3.48. The molecule has 0 bridgehead atoms. The molecule has 0 unspecified atom stereocenters. The zero-order valence-corrected chi connectivity index (χ0v) is 12.9. The van der Waals surface area contributed by atoms with Gasteiger partial charge in [-0.2, -0.15) is 0 Å². The number of esters is 1. The predicted molar refractivity (Wildman–Crippen MR) is 81.4 cm³/mol. The summed E-state index contributed by atoms with van der Waals surface area (Å²) in [5.74, 6) is -3.11. The summed E-state index contributed by atoms with van der Waals surface area (Å²) < 4.78 is 30.4. The molecule has 0 spiro atoms. The molecule has 1 aromatic heterocycles. The number of aromatic nitrogens is 1. The number of alkyl halides is 2. The van der Waals surface area contributed by atoms with Gasteiger partial charge in [0.15, 0.2) is 0 Å². The Morgan fingerprint density at radius 2 is 2.18 bits per heavy atom. The molecule has 120 valence electrons. The largest absolute Gasteiger partial charge is 0.465 e. The summed E-state index contributed by atoms with van der Waals surface area (Å²) in [6.07, 6.45) is 2.46. The van der Waals surface area contributed by atoms with Crippen molar-refractivity contribution in [2.24, 2.45) is 0 Å². The minimum absolute atomic E-state index is 0.0786. The number of carbonyl (C=O) groups excluding carboxylic acids is 1. The molecule has 1 heterocycles. The second-order valence-corrected chi connectivity index (χ2v) is 5.62. The molecule has 6 heteroatoms. The van der Waals surface area contributed by atoms with Gasteiger partial charge in [0, 0.05) is 30.1 Å². The second kappa shape index (κ2) is 6.44. The van der Waals surface area contributed by atoms with Gasteiger partial charge in [-0.25, -0.2) is 13.6 Å². The molecule has 0 aliphatic rings. The first-order valence-corrected chi connectivity index (χ1v) is 7.09. The topological polar surface area (TPSA) is 54.1 Å². The van der Waals surface area contributed by atoms with Crippen molar-refractivity contribution in [2.75, 3.05) is 13.7 Å². The Labute approximate surface area is 127 Å². The molecule has 0 aliphatic heterocycles. The van der Waals surface area contributed by atoms with Gasteiger partial charge in [-0.3, -0.25) is 0 Å². The van der Waals surface area contributed by atoms with E-state index in [2.05, 4.69) is 15.0 Å². The van der Waals surface area contributed by atoms with Crippen molar-refractivity contribution in [2.45, 2.75) is 32.2 Å². The number of methoxy groups -OCH3 is 1. The van der Waals surface area contributed by atoms with Gasteiger partial charge in [-0.15, -0.1) is 0 Å². The predicted octanol–water partition coefficient (Wildman–Crippen LogP) is 3.13. The van der Waals surface area contributed by atoms with Gasteiger partial charge in [0.05, 0.1) is 19.2 Å². The highest BCUT2D eigenvalue weighted by Crippen LogP contribution is 2.21. The van der Waals surface area contributed by atoms with Crippen molar-refractivity contribution >= 4 is 16.9 Å². The van der Waals surface area contributed by atoms with Crippen LogP contribution in [0, 0.1) is 0 Å². The van der Waals surface area contributed by atoms with Gasteiger partial charge in [0.1, 0.15) is 0 Å². The van der Waals surface area contributed by atoms with E-state index >= 15 is 0 Å². The van der Waals surface area contributed by atoms with Crippen LogP contribution < -0.4 is 5.32 Å². The van der Waals surface area contributed by atoms with Crippen LogP contribution in [0.5, 0.6) is 0 Å². The Bertz CT molecular complexity index is 662. The van der Waals surface area contributed by atoms with Crippen LogP contribution in [0.15, 0.2) is 24.4 Å². The lowest BCUT2D eigenvalue weighted by Gasteiger charge is -2.17. The second-order valence-electron chi connectivity index (χ2n) is 5.62. The van der Waals surface area contributed by atoms with E-state index in [1.807, 2.05) is 19.2 Å². The smallest absolute Gasteiger partial charge is 0.337 e. The average Bonchev–Trinajstić information content (AvgIpc) is 2.86. The molecule has 1 aromatic carbocycles. The summed E-state index contributed by atoms with van der Waals surface area (Å²) >= 11 is 0. The molecule has 2 rings (SSSR count). The molecule has 22 heavy (non-hydrogen) atoms. The van der Waals surface area contributed by atoms with Gasteiger partial charge in [0.2, 0.25) is 0 Å². The number of nitrogens with one attached hydrogen (secondary N) is 2. The van der Waals surface area contributed by atoms with E-state index in [1.54, 1.807) is 12.1 Å². The molecule has 4 nitrogen and oxygen atoms in total. The summed E-state index contributed by atoms with van der Waals surface area (Å²) in [6.45, 7) is 2.42. The van der Waals surface area contributed by atoms with Crippen LogP contribution in [0.1, 0.15) is 29.8 Å². The average molecular weight is 310 g/mol. The van der Waals surface area contributed by atoms with Crippen LogP contribution in [-0.2, 0) is 11.2 Å². The van der Waals surface area contributed by atoms with E-state index in [0.29, 0.717) is 12.0 Å². The van der Waals surface area contributed by atoms with Crippen molar-refractivity contribution in [3.05, 3.63) is 35.5 Å². The Kier molecular flexibility index (Phi) is 4.81. The number of H-pyrrole nitrogens is 1. The highest BCUT2D eigenvalue weighted by molar-refractivity contribution is 5.95. The number of ether oxygens (including phenoxy) is 1. The maximum atomic E-state index is 12.9. The van der Waals surface area contributed by atoms with Crippen LogP contribution in [0.2, 0.25) is 0 Å². The number of hydrogen-bond acceptors (Lipinski definition) is 3. The summed E-state index contributed by atoms with van der Waals surface area (Å²) in [5.41, 5.74) is 2.32. The molecular weight excluding hydrogens is 290 g/mol. The summed E-state index contributed by atoms with van der Waals surface area (Å²) in [5, 5.41) is 3.80. The molecule has 0 fully saturated rings. The number of benzene rings is 1. The molecule has 2 aromatic rings. The number of halogens is 2. The minimum atomic E-state index is -2.72. The molecule has 0 radical (unpaired) electrons. The third-order valence-corrected chi connectivity index (χ3v) is 3.48. The summed E-state index contributed by atoms with van der Waals surface area (Å²) in [6, 6.07) is 5.19. The lowest BCUT2D eigenvalue weighted by molar-refractivity contribution is 0.0204. The fraction of sp³-hybridized carbons (Fsp3) is 0.438. The van der Waals surface area contributed by atoms with Gasteiger partial charge in [0.25, 0.3) is 5.92 Å². The quantitative estimate of drug-likeness (QED) is 0.806. The number of hydrogen-bond donors (Lipinski definition) is 2. The van der Waals surface area contributed by atoms with Crippen molar-refractivity contribution in [3.8, 4) is 0 Å². The Morgan fingerprint density at radius 1 is 1.45 bits per heavy atom.